The zero-order chi connectivity index (χ0) is 15.5. The van der Waals surface area contributed by atoms with Gasteiger partial charge in [-0.25, -0.2) is 8.42 Å². The van der Waals surface area contributed by atoms with Gasteiger partial charge in [-0.05, 0) is 48.3 Å². The Kier molecular flexibility index (Phi) is 3.54. The topological polar surface area (TPSA) is 37.4 Å². The van der Waals surface area contributed by atoms with E-state index in [0.717, 1.165) is 23.7 Å². The molecular weight excluding hydrogens is 350 g/mol. The van der Waals surface area contributed by atoms with E-state index in [1.807, 2.05) is 6.07 Å². The van der Waals surface area contributed by atoms with Crippen molar-refractivity contribution < 1.29 is 8.42 Å². The zero-order valence-electron chi connectivity index (χ0n) is 12.8. The van der Waals surface area contributed by atoms with E-state index < -0.39 is 10.0 Å². The number of hydrogen-bond acceptors (Lipinski definition) is 2. The van der Waals surface area contributed by atoms with Crippen LogP contribution >= 0.6 is 15.9 Å². The molecule has 3 nitrogen and oxygen atoms in total. The first kappa shape index (κ1) is 15.5. The van der Waals surface area contributed by atoms with Crippen LogP contribution in [0.1, 0.15) is 40.0 Å². The van der Waals surface area contributed by atoms with Gasteiger partial charge in [-0.2, -0.15) is 4.31 Å². The third kappa shape index (κ3) is 2.80. The van der Waals surface area contributed by atoms with E-state index in [4.69, 9.17) is 0 Å². The van der Waals surface area contributed by atoms with Gasteiger partial charge in [-0.15, -0.1) is 0 Å². The first-order valence-corrected chi connectivity index (χ1v) is 9.62. The largest absolute Gasteiger partial charge is 0.243 e. The molecule has 0 aromatic heterocycles. The van der Waals surface area contributed by atoms with Gasteiger partial charge in [-0.3, -0.25) is 0 Å². The summed E-state index contributed by atoms with van der Waals surface area (Å²) in [5, 5.41) is 0. The number of fused-ring (bicyclic) bond motifs is 2. The summed E-state index contributed by atoms with van der Waals surface area (Å²) in [4.78, 5) is 0.394. The molecule has 1 saturated heterocycles. The van der Waals surface area contributed by atoms with Gasteiger partial charge < -0.3 is 0 Å². The lowest BCUT2D eigenvalue weighted by molar-refractivity contribution is 0.133. The van der Waals surface area contributed by atoms with Crippen molar-refractivity contribution in [2.24, 2.45) is 10.8 Å². The second kappa shape index (κ2) is 4.80. The van der Waals surface area contributed by atoms with Gasteiger partial charge in [0.25, 0.3) is 0 Å². The first-order valence-electron chi connectivity index (χ1n) is 7.39. The number of rotatable bonds is 2. The first-order chi connectivity index (χ1) is 9.61. The van der Waals surface area contributed by atoms with Crippen LogP contribution < -0.4 is 0 Å². The van der Waals surface area contributed by atoms with E-state index in [1.54, 1.807) is 22.5 Å². The Morgan fingerprint density at radius 3 is 2.62 bits per heavy atom. The molecule has 3 rings (SSSR count). The molecule has 21 heavy (non-hydrogen) atoms. The highest BCUT2D eigenvalue weighted by atomic mass is 79.9. The fourth-order valence-corrected chi connectivity index (χ4v) is 6.82. The number of sulfonamides is 1. The van der Waals surface area contributed by atoms with E-state index in [2.05, 4.69) is 36.7 Å². The highest BCUT2D eigenvalue weighted by Gasteiger charge is 2.53. The smallest absolute Gasteiger partial charge is 0.207 e. The normalized spacial score (nSPS) is 32.3. The molecule has 1 saturated carbocycles. The Bertz CT molecular complexity index is 671. The summed E-state index contributed by atoms with van der Waals surface area (Å²) >= 11 is 3.37. The standard InChI is InChI=1S/C16H22BrNO2S/c1-15(2)8-13-9-16(3,10-15)11-18(13)21(19,20)14-6-4-5-12(17)7-14/h4-7,13H,8-11H2,1-3H3. The van der Waals surface area contributed by atoms with E-state index in [1.165, 1.54) is 0 Å². The quantitative estimate of drug-likeness (QED) is 0.786. The Balaban J connectivity index is 1.98. The summed E-state index contributed by atoms with van der Waals surface area (Å²) in [5.41, 5.74) is 0.338. The van der Waals surface area contributed by atoms with Crippen molar-refractivity contribution in [2.75, 3.05) is 6.54 Å². The van der Waals surface area contributed by atoms with Crippen LogP contribution in [0.5, 0.6) is 0 Å². The molecule has 1 aromatic carbocycles. The summed E-state index contributed by atoms with van der Waals surface area (Å²) in [6.45, 7) is 7.40. The van der Waals surface area contributed by atoms with Crippen LogP contribution in [-0.2, 0) is 10.0 Å². The van der Waals surface area contributed by atoms with E-state index in [9.17, 15) is 8.42 Å². The van der Waals surface area contributed by atoms with Crippen LogP contribution in [0.15, 0.2) is 33.6 Å². The fourth-order valence-electron chi connectivity index (χ4n) is 4.45. The molecule has 1 aliphatic heterocycles. The number of nitrogens with zero attached hydrogens (tertiary/aromatic N) is 1. The molecule has 0 N–H and O–H groups in total. The third-order valence-corrected chi connectivity index (χ3v) is 7.16. The predicted molar refractivity (Wildman–Crippen MR) is 87.6 cm³/mol. The van der Waals surface area contributed by atoms with Crippen LogP contribution in [0.25, 0.3) is 0 Å². The summed E-state index contributed by atoms with van der Waals surface area (Å²) in [6, 6.07) is 7.17. The van der Waals surface area contributed by atoms with Crippen LogP contribution in [0.4, 0.5) is 0 Å². The third-order valence-electron chi connectivity index (χ3n) is 4.77. The molecule has 1 aromatic rings. The predicted octanol–water partition coefficient (Wildman–Crippen LogP) is 4.04. The zero-order valence-corrected chi connectivity index (χ0v) is 15.2. The van der Waals surface area contributed by atoms with Crippen molar-refractivity contribution >= 4 is 26.0 Å². The Morgan fingerprint density at radius 2 is 1.95 bits per heavy atom. The molecule has 1 aliphatic carbocycles. The van der Waals surface area contributed by atoms with Crippen molar-refractivity contribution in [1.29, 1.82) is 0 Å². The van der Waals surface area contributed by atoms with Crippen molar-refractivity contribution in [3.05, 3.63) is 28.7 Å². The van der Waals surface area contributed by atoms with E-state index in [0.29, 0.717) is 11.4 Å². The van der Waals surface area contributed by atoms with Gasteiger partial charge in [0.2, 0.25) is 10.0 Å². The lowest BCUT2D eigenvalue weighted by atomic mass is 9.65. The van der Waals surface area contributed by atoms with E-state index in [-0.39, 0.29) is 16.9 Å². The monoisotopic (exact) mass is 371 g/mol. The molecule has 2 fully saturated rings. The average molecular weight is 372 g/mol. The molecule has 116 valence electrons. The van der Waals surface area contributed by atoms with Gasteiger partial charge in [0.15, 0.2) is 0 Å². The molecule has 0 radical (unpaired) electrons. The summed E-state index contributed by atoms with van der Waals surface area (Å²) in [5.74, 6) is 0. The van der Waals surface area contributed by atoms with Crippen molar-refractivity contribution in [2.45, 2.75) is 51.0 Å². The van der Waals surface area contributed by atoms with Gasteiger partial charge in [0, 0.05) is 17.1 Å². The minimum atomic E-state index is -3.40. The molecule has 0 spiro atoms. The highest BCUT2D eigenvalue weighted by molar-refractivity contribution is 9.10. The van der Waals surface area contributed by atoms with Crippen LogP contribution in [0.2, 0.25) is 0 Å². The maximum atomic E-state index is 13.0. The Morgan fingerprint density at radius 1 is 1.24 bits per heavy atom. The number of hydrogen-bond donors (Lipinski definition) is 0. The Labute approximate surface area is 135 Å². The molecule has 2 unspecified atom stereocenters. The number of halogens is 1. The second-order valence-corrected chi connectivity index (χ2v) is 10.5. The van der Waals surface area contributed by atoms with Crippen molar-refractivity contribution in [3.8, 4) is 0 Å². The van der Waals surface area contributed by atoms with Gasteiger partial charge >= 0.3 is 0 Å². The van der Waals surface area contributed by atoms with Gasteiger partial charge in [0.1, 0.15) is 0 Å². The lowest BCUT2D eigenvalue weighted by Gasteiger charge is -2.39. The maximum Gasteiger partial charge on any atom is 0.243 e. The molecular formula is C16H22BrNO2S. The minimum absolute atomic E-state index is 0.117. The van der Waals surface area contributed by atoms with Crippen molar-refractivity contribution in [3.63, 3.8) is 0 Å². The lowest BCUT2D eigenvalue weighted by Crippen LogP contribution is -2.37. The summed E-state index contributed by atoms with van der Waals surface area (Å²) < 4.78 is 28.5. The molecule has 5 heteroatoms. The van der Waals surface area contributed by atoms with Crippen LogP contribution in [-0.4, -0.2) is 25.3 Å². The van der Waals surface area contributed by atoms with Gasteiger partial charge in [-0.1, -0.05) is 42.8 Å². The molecule has 0 amide bonds. The minimum Gasteiger partial charge on any atom is -0.207 e. The molecule has 1 heterocycles. The second-order valence-electron chi connectivity index (χ2n) is 7.72. The molecule has 2 bridgehead atoms. The maximum absolute atomic E-state index is 13.0. The van der Waals surface area contributed by atoms with Crippen LogP contribution in [0, 0.1) is 10.8 Å². The molecule has 2 aliphatic rings. The van der Waals surface area contributed by atoms with Crippen molar-refractivity contribution in [1.82, 2.24) is 4.31 Å². The number of benzene rings is 1. The fraction of sp³-hybridized carbons (Fsp3) is 0.625. The Hall–Kier alpha value is -0.390. The highest BCUT2D eigenvalue weighted by Crippen LogP contribution is 2.53. The SMILES string of the molecule is CC1(C)CC2CC(C)(CN2S(=O)(=O)c2cccc(Br)c2)C1. The summed E-state index contributed by atoms with van der Waals surface area (Å²) in [6.07, 6.45) is 3.04. The summed E-state index contributed by atoms with van der Waals surface area (Å²) in [7, 11) is -3.40. The average Bonchev–Trinajstić information content (AvgIpc) is 2.59. The van der Waals surface area contributed by atoms with E-state index >= 15 is 0 Å². The van der Waals surface area contributed by atoms with Gasteiger partial charge in [0.05, 0.1) is 4.90 Å². The van der Waals surface area contributed by atoms with Crippen LogP contribution in [0.3, 0.4) is 0 Å². The molecule has 2 atom stereocenters.